The lowest BCUT2D eigenvalue weighted by Gasteiger charge is -2.16. The zero-order chi connectivity index (χ0) is 21.5. The Morgan fingerprint density at radius 1 is 1.17 bits per heavy atom. The molecule has 1 N–H and O–H groups in total. The Labute approximate surface area is 181 Å². The van der Waals surface area contributed by atoms with Gasteiger partial charge in [0.2, 0.25) is 11.8 Å². The molecular weight excluding hydrogens is 398 g/mol. The number of hydrogen-bond acceptors (Lipinski definition) is 5. The van der Waals surface area contributed by atoms with E-state index in [2.05, 4.69) is 5.32 Å². The number of methoxy groups -OCH3 is 1. The van der Waals surface area contributed by atoms with E-state index < -0.39 is 5.25 Å². The molecule has 7 heteroatoms. The van der Waals surface area contributed by atoms with Gasteiger partial charge in [0.25, 0.3) is 0 Å². The molecular formula is C23H27N3O3S. The highest BCUT2D eigenvalue weighted by Crippen LogP contribution is 2.32. The van der Waals surface area contributed by atoms with Gasteiger partial charge in [0.15, 0.2) is 5.17 Å². The molecule has 2 aromatic carbocycles. The molecule has 1 aliphatic heterocycles. The molecule has 0 aliphatic carbocycles. The topological polar surface area (TPSA) is 71.0 Å². The third-order valence-electron chi connectivity index (χ3n) is 4.68. The number of benzene rings is 2. The summed E-state index contributed by atoms with van der Waals surface area (Å²) in [4.78, 5) is 31.9. The van der Waals surface area contributed by atoms with Crippen molar-refractivity contribution in [3.8, 4) is 0 Å². The van der Waals surface area contributed by atoms with E-state index in [-0.39, 0.29) is 18.2 Å². The Bertz CT molecular complexity index is 928. The largest absolute Gasteiger partial charge is 0.385 e. The number of anilines is 1. The zero-order valence-corrected chi connectivity index (χ0v) is 18.4. The number of hydrogen-bond donors (Lipinski definition) is 1. The lowest BCUT2D eigenvalue weighted by Crippen LogP contribution is -2.34. The maximum atomic E-state index is 13.0. The average Bonchev–Trinajstić information content (AvgIpc) is 2.98. The predicted octanol–water partition coefficient (Wildman–Crippen LogP) is 4.30. The molecule has 0 spiro atoms. The van der Waals surface area contributed by atoms with Gasteiger partial charge in [-0.25, -0.2) is 4.99 Å². The highest BCUT2D eigenvalue weighted by Gasteiger charge is 2.38. The summed E-state index contributed by atoms with van der Waals surface area (Å²) < 4.78 is 5.12. The van der Waals surface area contributed by atoms with Crippen molar-refractivity contribution in [3.63, 3.8) is 0 Å². The van der Waals surface area contributed by atoms with Crippen molar-refractivity contribution < 1.29 is 14.3 Å². The number of amides is 2. The van der Waals surface area contributed by atoms with Gasteiger partial charge in [0.05, 0.1) is 5.69 Å². The molecule has 0 saturated carbocycles. The number of ether oxygens (including phenoxy) is 1. The van der Waals surface area contributed by atoms with Crippen LogP contribution in [-0.4, -0.2) is 47.4 Å². The van der Waals surface area contributed by atoms with Crippen molar-refractivity contribution in [1.29, 1.82) is 0 Å². The molecule has 0 unspecified atom stereocenters. The van der Waals surface area contributed by atoms with E-state index in [0.717, 1.165) is 22.5 Å². The van der Waals surface area contributed by atoms with Crippen molar-refractivity contribution in [1.82, 2.24) is 4.90 Å². The second kappa shape index (κ2) is 10.4. The van der Waals surface area contributed by atoms with E-state index in [1.165, 1.54) is 11.8 Å². The summed E-state index contributed by atoms with van der Waals surface area (Å²) in [5.41, 5.74) is 3.75. The first kappa shape index (κ1) is 22.1. The Kier molecular flexibility index (Phi) is 7.65. The van der Waals surface area contributed by atoms with Gasteiger partial charge < -0.3 is 10.1 Å². The smallest absolute Gasteiger partial charge is 0.242 e. The molecule has 2 aromatic rings. The molecule has 2 amide bonds. The molecule has 1 aliphatic rings. The molecule has 1 atom stereocenters. The van der Waals surface area contributed by atoms with Crippen molar-refractivity contribution in [2.45, 2.75) is 31.9 Å². The number of carbonyl (C=O) groups excluding carboxylic acids is 2. The predicted molar refractivity (Wildman–Crippen MR) is 122 cm³/mol. The fourth-order valence-corrected chi connectivity index (χ4v) is 4.31. The maximum Gasteiger partial charge on any atom is 0.242 e. The molecule has 3 rings (SSSR count). The molecule has 1 fully saturated rings. The molecule has 0 bridgehead atoms. The number of amidine groups is 1. The summed E-state index contributed by atoms with van der Waals surface area (Å²) in [6.07, 6.45) is 0.808. The highest BCUT2D eigenvalue weighted by atomic mass is 32.2. The van der Waals surface area contributed by atoms with Gasteiger partial charge in [-0.3, -0.25) is 14.5 Å². The first-order chi connectivity index (χ1) is 14.5. The molecule has 1 heterocycles. The Morgan fingerprint density at radius 2 is 1.93 bits per heavy atom. The normalized spacial score (nSPS) is 17.6. The number of nitrogens with one attached hydrogen (secondary N) is 1. The lowest BCUT2D eigenvalue weighted by atomic mass is 10.2. The van der Waals surface area contributed by atoms with E-state index in [0.29, 0.717) is 24.7 Å². The number of rotatable bonds is 8. The fourth-order valence-electron chi connectivity index (χ4n) is 3.12. The van der Waals surface area contributed by atoms with Crippen LogP contribution in [0, 0.1) is 13.8 Å². The number of aryl methyl sites for hydroxylation is 2. The van der Waals surface area contributed by atoms with E-state index in [9.17, 15) is 9.59 Å². The van der Waals surface area contributed by atoms with Gasteiger partial charge in [-0.05, 0) is 50.1 Å². The van der Waals surface area contributed by atoms with Crippen LogP contribution in [0.25, 0.3) is 0 Å². The fraction of sp³-hybridized carbons (Fsp3) is 0.348. The summed E-state index contributed by atoms with van der Waals surface area (Å²) in [6, 6.07) is 15.4. The summed E-state index contributed by atoms with van der Waals surface area (Å²) in [5, 5.41) is 3.02. The van der Waals surface area contributed by atoms with E-state index >= 15 is 0 Å². The minimum atomic E-state index is -0.485. The van der Waals surface area contributed by atoms with E-state index in [4.69, 9.17) is 9.73 Å². The van der Waals surface area contributed by atoms with Crippen LogP contribution in [0.3, 0.4) is 0 Å². The SMILES string of the molecule is COCCCN1C(=O)[C@@H](CC(=O)Nc2ccc(C)cc2)SC1=Nc1cccc(C)c1. The number of thioether (sulfide) groups is 1. The van der Waals surface area contributed by atoms with Crippen LogP contribution in [0.2, 0.25) is 0 Å². The summed E-state index contributed by atoms with van der Waals surface area (Å²) in [7, 11) is 1.64. The minimum Gasteiger partial charge on any atom is -0.385 e. The van der Waals surface area contributed by atoms with Crippen LogP contribution >= 0.6 is 11.8 Å². The summed E-state index contributed by atoms with van der Waals surface area (Å²) in [5.74, 6) is -0.264. The number of nitrogens with zero attached hydrogens (tertiary/aromatic N) is 2. The van der Waals surface area contributed by atoms with Gasteiger partial charge in [-0.1, -0.05) is 41.6 Å². The first-order valence-electron chi connectivity index (χ1n) is 9.95. The molecule has 0 radical (unpaired) electrons. The minimum absolute atomic E-state index is 0.0819. The third kappa shape index (κ3) is 5.93. The van der Waals surface area contributed by atoms with Gasteiger partial charge in [-0.15, -0.1) is 0 Å². The summed E-state index contributed by atoms with van der Waals surface area (Å²) in [6.45, 7) is 5.07. The number of carbonyl (C=O) groups is 2. The molecule has 1 saturated heterocycles. The first-order valence-corrected chi connectivity index (χ1v) is 10.8. The molecule has 0 aromatic heterocycles. The standard InChI is InChI=1S/C23H27N3O3S/c1-16-8-10-18(11-9-16)24-21(27)15-20-22(28)26(12-5-13-29-3)23(30-20)25-19-7-4-6-17(2)14-19/h4,6-11,14,20H,5,12-13,15H2,1-3H3,(H,24,27)/t20-/m1/s1. The quantitative estimate of drug-likeness (QED) is 0.640. The van der Waals surface area contributed by atoms with Crippen LogP contribution in [-0.2, 0) is 14.3 Å². The molecule has 158 valence electrons. The van der Waals surface area contributed by atoms with Crippen molar-refractivity contribution >= 4 is 40.1 Å². The van der Waals surface area contributed by atoms with Crippen molar-refractivity contribution in [2.24, 2.45) is 4.99 Å². The number of aliphatic imine (C=N–C) groups is 1. The van der Waals surface area contributed by atoms with Crippen LogP contribution < -0.4 is 5.32 Å². The van der Waals surface area contributed by atoms with Gasteiger partial charge in [0, 0.05) is 32.4 Å². The van der Waals surface area contributed by atoms with Gasteiger partial charge in [0.1, 0.15) is 5.25 Å². The van der Waals surface area contributed by atoms with Gasteiger partial charge in [-0.2, -0.15) is 0 Å². The molecule has 30 heavy (non-hydrogen) atoms. The van der Waals surface area contributed by atoms with Crippen LogP contribution in [0.15, 0.2) is 53.5 Å². The maximum absolute atomic E-state index is 13.0. The van der Waals surface area contributed by atoms with E-state index in [1.807, 2.05) is 62.4 Å². The lowest BCUT2D eigenvalue weighted by molar-refractivity contribution is -0.128. The van der Waals surface area contributed by atoms with Crippen LogP contribution in [0.5, 0.6) is 0 Å². The Balaban J connectivity index is 1.72. The summed E-state index contributed by atoms with van der Waals surface area (Å²) >= 11 is 1.35. The third-order valence-corrected chi connectivity index (χ3v) is 5.86. The average molecular weight is 426 g/mol. The van der Waals surface area contributed by atoms with Crippen LogP contribution in [0.4, 0.5) is 11.4 Å². The molecule has 6 nitrogen and oxygen atoms in total. The Morgan fingerprint density at radius 3 is 2.63 bits per heavy atom. The van der Waals surface area contributed by atoms with Crippen molar-refractivity contribution in [2.75, 3.05) is 25.6 Å². The van der Waals surface area contributed by atoms with E-state index in [1.54, 1.807) is 12.0 Å². The second-order valence-electron chi connectivity index (χ2n) is 7.29. The zero-order valence-electron chi connectivity index (χ0n) is 17.6. The highest BCUT2D eigenvalue weighted by molar-refractivity contribution is 8.15. The van der Waals surface area contributed by atoms with Crippen LogP contribution in [0.1, 0.15) is 24.0 Å². The second-order valence-corrected chi connectivity index (χ2v) is 8.46. The monoisotopic (exact) mass is 425 g/mol. The van der Waals surface area contributed by atoms with Crippen molar-refractivity contribution in [3.05, 3.63) is 59.7 Å². The Hall–Kier alpha value is -2.64. The van der Waals surface area contributed by atoms with Gasteiger partial charge >= 0.3 is 0 Å².